The number of thiol groups is 1. The molecule has 0 aromatic carbocycles. The smallest absolute Gasteiger partial charge is 0.326 e. The second-order valence-electron chi connectivity index (χ2n) is 7.60. The molecule has 0 heterocycles. The van der Waals surface area contributed by atoms with E-state index in [9.17, 15) is 29.1 Å². The first-order valence-corrected chi connectivity index (χ1v) is 10.8. The van der Waals surface area contributed by atoms with Gasteiger partial charge in [-0.3, -0.25) is 24.2 Å². The van der Waals surface area contributed by atoms with Crippen molar-refractivity contribution in [3.05, 3.63) is 0 Å². The first kappa shape index (κ1) is 29.9. The number of carboxylic acids is 1. The van der Waals surface area contributed by atoms with Gasteiger partial charge in [-0.25, -0.2) is 4.79 Å². The first-order chi connectivity index (χ1) is 15.3. The van der Waals surface area contributed by atoms with E-state index in [4.69, 9.17) is 22.9 Å². The van der Waals surface area contributed by atoms with Gasteiger partial charge in [0.1, 0.15) is 18.1 Å². The Morgan fingerprint density at radius 2 is 1.52 bits per heavy atom. The molecule has 4 amide bonds. The molecular formula is C18H34N8O6S. The predicted octanol–water partition coefficient (Wildman–Crippen LogP) is -3.63. The second-order valence-corrected chi connectivity index (χ2v) is 7.96. The first-order valence-electron chi connectivity index (χ1n) is 10.1. The van der Waals surface area contributed by atoms with Crippen LogP contribution in [0.25, 0.3) is 0 Å². The summed E-state index contributed by atoms with van der Waals surface area (Å²) >= 11 is 3.95. The Morgan fingerprint density at radius 3 is 1.97 bits per heavy atom. The molecule has 0 aliphatic heterocycles. The summed E-state index contributed by atoms with van der Waals surface area (Å²) in [4.78, 5) is 63.9. The van der Waals surface area contributed by atoms with Crippen LogP contribution in [0.1, 0.15) is 33.1 Å². The third-order valence-electron chi connectivity index (χ3n) is 4.38. The van der Waals surface area contributed by atoms with Crippen molar-refractivity contribution >= 4 is 48.2 Å². The van der Waals surface area contributed by atoms with E-state index in [0.717, 1.165) is 0 Å². The molecule has 14 nitrogen and oxygen atoms in total. The summed E-state index contributed by atoms with van der Waals surface area (Å²) < 4.78 is 0. The Bertz CT molecular complexity index is 743. The maximum atomic E-state index is 12.9. The van der Waals surface area contributed by atoms with Crippen LogP contribution in [0, 0.1) is 5.92 Å². The van der Waals surface area contributed by atoms with E-state index in [1.165, 1.54) is 0 Å². The maximum Gasteiger partial charge on any atom is 0.326 e. The van der Waals surface area contributed by atoms with Crippen molar-refractivity contribution in [2.45, 2.75) is 57.3 Å². The van der Waals surface area contributed by atoms with Crippen LogP contribution in [0.15, 0.2) is 4.99 Å². The summed E-state index contributed by atoms with van der Waals surface area (Å²) in [6.07, 6.45) is -0.172. The van der Waals surface area contributed by atoms with Crippen molar-refractivity contribution in [2.24, 2.45) is 33.8 Å². The Hall–Kier alpha value is -3.07. The van der Waals surface area contributed by atoms with E-state index in [1.807, 2.05) is 0 Å². The van der Waals surface area contributed by atoms with Gasteiger partial charge in [-0.1, -0.05) is 13.8 Å². The van der Waals surface area contributed by atoms with Gasteiger partial charge >= 0.3 is 5.97 Å². The van der Waals surface area contributed by atoms with E-state index in [1.54, 1.807) is 13.8 Å². The van der Waals surface area contributed by atoms with Crippen LogP contribution in [0.3, 0.4) is 0 Å². The highest BCUT2D eigenvalue weighted by Crippen LogP contribution is 2.07. The third-order valence-corrected chi connectivity index (χ3v) is 4.77. The summed E-state index contributed by atoms with van der Waals surface area (Å²) in [5, 5.41) is 16.4. The Balaban J connectivity index is 5.47. The van der Waals surface area contributed by atoms with Crippen LogP contribution in [0.2, 0.25) is 0 Å². The average molecular weight is 491 g/mol. The van der Waals surface area contributed by atoms with Gasteiger partial charge in [-0.15, -0.1) is 0 Å². The summed E-state index contributed by atoms with van der Waals surface area (Å²) in [7, 11) is 0. The van der Waals surface area contributed by atoms with Crippen molar-refractivity contribution < 1.29 is 29.1 Å². The summed E-state index contributed by atoms with van der Waals surface area (Å²) in [5.74, 6) is -5.07. The summed E-state index contributed by atoms with van der Waals surface area (Å²) in [5.41, 5.74) is 21.2. The molecule has 0 saturated carbocycles. The van der Waals surface area contributed by atoms with Crippen LogP contribution in [-0.4, -0.2) is 77.1 Å². The van der Waals surface area contributed by atoms with Crippen LogP contribution >= 0.6 is 12.6 Å². The Kier molecular flexibility index (Phi) is 13.5. The van der Waals surface area contributed by atoms with E-state index in [-0.39, 0.29) is 24.7 Å². The standard InChI is InChI=1S/C18H34N8O6S/c1-8(2)13(16(30)25-11(17(31)32)6-12(20)27)26-15(29)10(4-3-5-23-18(21)22)24-14(28)9(19)7-33/h8-11,13,33H,3-7,19H2,1-2H3,(H2,20,27)(H,24,28)(H,25,30)(H,26,29)(H,31,32)(H4,21,22,23). The van der Waals surface area contributed by atoms with Gasteiger partial charge in [-0.05, 0) is 18.8 Å². The maximum absolute atomic E-state index is 12.9. The van der Waals surface area contributed by atoms with E-state index < -0.39 is 66.1 Å². The number of carboxylic acid groups (broad SMARTS) is 1. The zero-order valence-electron chi connectivity index (χ0n) is 18.6. The lowest BCUT2D eigenvalue weighted by Gasteiger charge is -2.27. The average Bonchev–Trinajstić information content (AvgIpc) is 2.71. The Morgan fingerprint density at radius 1 is 0.939 bits per heavy atom. The van der Waals surface area contributed by atoms with Crippen molar-refractivity contribution in [2.75, 3.05) is 12.3 Å². The van der Waals surface area contributed by atoms with Gasteiger partial charge in [-0.2, -0.15) is 12.6 Å². The lowest BCUT2D eigenvalue weighted by atomic mass is 10.0. The molecule has 0 spiro atoms. The molecule has 0 saturated heterocycles. The van der Waals surface area contributed by atoms with Crippen LogP contribution < -0.4 is 38.9 Å². The lowest BCUT2D eigenvalue weighted by Crippen LogP contribution is -2.58. The normalized spacial score (nSPS) is 14.3. The van der Waals surface area contributed by atoms with Crippen molar-refractivity contribution in [1.29, 1.82) is 0 Å². The molecule has 0 aliphatic carbocycles. The highest BCUT2D eigenvalue weighted by atomic mass is 32.1. The molecule has 4 atom stereocenters. The number of nitrogens with two attached hydrogens (primary N) is 4. The molecule has 0 fully saturated rings. The highest BCUT2D eigenvalue weighted by Gasteiger charge is 2.32. The van der Waals surface area contributed by atoms with Gasteiger partial charge in [0.2, 0.25) is 23.6 Å². The number of amides is 4. The molecule has 0 radical (unpaired) electrons. The molecule has 0 aromatic heterocycles. The van der Waals surface area contributed by atoms with E-state index >= 15 is 0 Å². The number of hydrogen-bond donors (Lipinski definition) is 9. The number of primary amides is 1. The number of nitrogens with one attached hydrogen (secondary N) is 3. The Labute approximate surface area is 197 Å². The topological polar surface area (TPSA) is 258 Å². The number of carbonyl (C=O) groups is 5. The molecule has 0 aliphatic rings. The SMILES string of the molecule is CC(C)C(NC(=O)C(CCCN=C(N)N)NC(=O)C(N)CS)C(=O)NC(CC(N)=O)C(=O)O. The van der Waals surface area contributed by atoms with E-state index in [2.05, 4.69) is 33.6 Å². The van der Waals surface area contributed by atoms with Crippen LogP contribution in [0.4, 0.5) is 0 Å². The fourth-order valence-corrected chi connectivity index (χ4v) is 2.75. The summed E-state index contributed by atoms with van der Waals surface area (Å²) in [6, 6.07) is -4.76. The van der Waals surface area contributed by atoms with Crippen LogP contribution in [0.5, 0.6) is 0 Å². The molecule has 15 heteroatoms. The number of guanidine groups is 1. The third kappa shape index (κ3) is 11.9. The van der Waals surface area contributed by atoms with Gasteiger partial charge < -0.3 is 44.0 Å². The lowest BCUT2D eigenvalue weighted by molar-refractivity contribution is -0.144. The molecule has 188 valence electrons. The monoisotopic (exact) mass is 490 g/mol. The quantitative estimate of drug-likeness (QED) is 0.0474. The fourth-order valence-electron chi connectivity index (χ4n) is 2.59. The minimum Gasteiger partial charge on any atom is -0.480 e. The van der Waals surface area contributed by atoms with E-state index in [0.29, 0.717) is 6.42 Å². The summed E-state index contributed by atoms with van der Waals surface area (Å²) in [6.45, 7) is 3.44. The van der Waals surface area contributed by atoms with Crippen molar-refractivity contribution in [3.63, 3.8) is 0 Å². The number of rotatable bonds is 15. The number of aliphatic imine (C=N–C) groups is 1. The number of carbonyl (C=O) groups excluding carboxylic acids is 4. The largest absolute Gasteiger partial charge is 0.480 e. The molecule has 0 aromatic rings. The minimum absolute atomic E-state index is 0.0433. The number of nitrogens with zero attached hydrogens (tertiary/aromatic N) is 1. The number of hydrogen-bond acceptors (Lipinski definition) is 8. The fraction of sp³-hybridized carbons (Fsp3) is 0.667. The molecule has 12 N–H and O–H groups in total. The van der Waals surface area contributed by atoms with Crippen LogP contribution in [-0.2, 0) is 24.0 Å². The molecule has 0 rings (SSSR count). The van der Waals surface area contributed by atoms with Crippen molar-refractivity contribution in [1.82, 2.24) is 16.0 Å². The predicted molar refractivity (Wildman–Crippen MR) is 124 cm³/mol. The van der Waals surface area contributed by atoms with Gasteiger partial charge in [0.25, 0.3) is 0 Å². The minimum atomic E-state index is -1.56. The molecule has 0 bridgehead atoms. The van der Waals surface area contributed by atoms with Gasteiger partial charge in [0.05, 0.1) is 12.5 Å². The highest BCUT2D eigenvalue weighted by molar-refractivity contribution is 7.80. The zero-order chi connectivity index (χ0) is 25.7. The van der Waals surface area contributed by atoms with Crippen molar-refractivity contribution in [3.8, 4) is 0 Å². The van der Waals surface area contributed by atoms with Gasteiger partial charge in [0.15, 0.2) is 5.96 Å². The zero-order valence-corrected chi connectivity index (χ0v) is 19.5. The molecule has 4 unspecified atom stereocenters. The van der Waals surface area contributed by atoms with Gasteiger partial charge in [0, 0.05) is 12.3 Å². The molecular weight excluding hydrogens is 456 g/mol. The second kappa shape index (κ2) is 14.9. The number of aliphatic carboxylic acids is 1. The molecule has 33 heavy (non-hydrogen) atoms.